The van der Waals surface area contributed by atoms with Crippen molar-refractivity contribution < 1.29 is 9.13 Å². The molecule has 1 N–H and O–H groups in total. The minimum Gasteiger partial charge on any atom is -0.375 e. The molecule has 1 aromatic heterocycles. The lowest BCUT2D eigenvalue weighted by Crippen LogP contribution is -2.62. The van der Waals surface area contributed by atoms with Gasteiger partial charge < -0.3 is 10.1 Å². The molecule has 1 fully saturated rings. The van der Waals surface area contributed by atoms with Crippen LogP contribution in [0.5, 0.6) is 0 Å². The number of hydrogen-bond acceptors (Lipinski definition) is 3. The van der Waals surface area contributed by atoms with E-state index in [0.29, 0.717) is 12.1 Å². The van der Waals surface area contributed by atoms with Crippen molar-refractivity contribution in [1.82, 2.24) is 10.3 Å². The van der Waals surface area contributed by atoms with Crippen molar-refractivity contribution in [2.75, 3.05) is 20.2 Å². The lowest BCUT2D eigenvalue weighted by molar-refractivity contribution is -0.0514. The average Bonchev–Trinajstić information content (AvgIpc) is 2.14. The maximum Gasteiger partial charge on any atom is 0.144 e. The molecule has 0 radical (unpaired) electrons. The smallest absolute Gasteiger partial charge is 0.144 e. The minimum atomic E-state index is -0.255. The molecule has 76 valence electrons. The first-order valence-electron chi connectivity index (χ1n) is 4.61. The molecule has 0 aliphatic carbocycles. The van der Waals surface area contributed by atoms with E-state index < -0.39 is 0 Å². The van der Waals surface area contributed by atoms with Crippen molar-refractivity contribution in [1.29, 1.82) is 0 Å². The number of nitrogens with one attached hydrogen (secondary N) is 1. The normalized spacial score (nSPS) is 19.0. The number of hydrogen-bond donors (Lipinski definition) is 1. The zero-order valence-corrected chi connectivity index (χ0v) is 8.09. The van der Waals surface area contributed by atoms with Crippen LogP contribution in [0.25, 0.3) is 0 Å². The van der Waals surface area contributed by atoms with Crippen LogP contribution in [0.3, 0.4) is 0 Å². The van der Waals surface area contributed by atoms with E-state index in [1.165, 1.54) is 6.07 Å². The van der Waals surface area contributed by atoms with Gasteiger partial charge in [0.15, 0.2) is 0 Å². The zero-order chi connectivity index (χ0) is 10.0. The Labute approximate surface area is 82.3 Å². The van der Waals surface area contributed by atoms with E-state index >= 15 is 0 Å². The third-order valence-corrected chi connectivity index (χ3v) is 2.65. The van der Waals surface area contributed by atoms with Gasteiger partial charge in [0.25, 0.3) is 0 Å². The van der Waals surface area contributed by atoms with Crippen LogP contribution >= 0.6 is 0 Å². The average molecular weight is 196 g/mol. The largest absolute Gasteiger partial charge is 0.375 e. The van der Waals surface area contributed by atoms with Gasteiger partial charge >= 0.3 is 0 Å². The standard InChI is InChI=1S/C10H13FN2O/c1-14-10(6-12-7-10)5-9-8(11)3-2-4-13-9/h2-4,12H,5-7H2,1H3. The lowest BCUT2D eigenvalue weighted by atomic mass is 9.91. The van der Waals surface area contributed by atoms with Crippen LogP contribution in [0, 0.1) is 5.82 Å². The van der Waals surface area contributed by atoms with E-state index in [1.807, 2.05) is 0 Å². The second kappa shape index (κ2) is 3.63. The third kappa shape index (κ3) is 1.63. The van der Waals surface area contributed by atoms with Crippen LogP contribution in [0.4, 0.5) is 4.39 Å². The predicted octanol–water partition coefficient (Wildman–Crippen LogP) is 0.752. The van der Waals surface area contributed by atoms with Gasteiger partial charge in [-0.1, -0.05) is 0 Å². The Kier molecular flexibility index (Phi) is 2.48. The number of rotatable bonds is 3. The molecule has 0 bridgehead atoms. The molecule has 1 aliphatic heterocycles. The predicted molar refractivity (Wildman–Crippen MR) is 50.5 cm³/mol. The Morgan fingerprint density at radius 3 is 2.93 bits per heavy atom. The van der Waals surface area contributed by atoms with E-state index in [-0.39, 0.29) is 11.4 Å². The Morgan fingerprint density at radius 2 is 2.43 bits per heavy atom. The second-order valence-corrected chi connectivity index (χ2v) is 3.60. The highest BCUT2D eigenvalue weighted by Gasteiger charge is 2.38. The highest BCUT2D eigenvalue weighted by Crippen LogP contribution is 2.21. The van der Waals surface area contributed by atoms with Crippen molar-refractivity contribution in [2.24, 2.45) is 0 Å². The van der Waals surface area contributed by atoms with Crippen LogP contribution < -0.4 is 5.32 Å². The number of aromatic nitrogens is 1. The summed E-state index contributed by atoms with van der Waals surface area (Å²) in [4.78, 5) is 4.01. The molecule has 14 heavy (non-hydrogen) atoms. The maximum absolute atomic E-state index is 13.3. The van der Waals surface area contributed by atoms with Gasteiger partial charge in [-0.3, -0.25) is 4.98 Å². The highest BCUT2D eigenvalue weighted by atomic mass is 19.1. The Morgan fingerprint density at radius 1 is 1.64 bits per heavy atom. The van der Waals surface area contributed by atoms with Crippen molar-refractivity contribution in [3.05, 3.63) is 29.8 Å². The van der Waals surface area contributed by atoms with Gasteiger partial charge in [0.2, 0.25) is 0 Å². The molecule has 0 amide bonds. The molecule has 1 saturated heterocycles. The summed E-state index contributed by atoms with van der Waals surface area (Å²) in [6.07, 6.45) is 2.14. The van der Waals surface area contributed by atoms with Crippen LogP contribution in [0.15, 0.2) is 18.3 Å². The minimum absolute atomic E-state index is 0.254. The van der Waals surface area contributed by atoms with Crippen molar-refractivity contribution in [3.63, 3.8) is 0 Å². The van der Waals surface area contributed by atoms with Crippen LogP contribution in [-0.2, 0) is 11.2 Å². The molecular formula is C10H13FN2O. The first kappa shape index (κ1) is 9.55. The zero-order valence-electron chi connectivity index (χ0n) is 8.09. The fourth-order valence-electron chi connectivity index (χ4n) is 1.60. The number of methoxy groups -OCH3 is 1. The van der Waals surface area contributed by atoms with E-state index in [2.05, 4.69) is 10.3 Å². The summed E-state index contributed by atoms with van der Waals surface area (Å²) in [5.41, 5.74) is 0.228. The monoisotopic (exact) mass is 196 g/mol. The Bertz CT molecular complexity index is 320. The van der Waals surface area contributed by atoms with Crippen molar-refractivity contribution >= 4 is 0 Å². The van der Waals surface area contributed by atoms with Crippen molar-refractivity contribution in [3.8, 4) is 0 Å². The van der Waals surface area contributed by atoms with Gasteiger partial charge in [-0.25, -0.2) is 4.39 Å². The molecule has 1 aliphatic rings. The Hall–Kier alpha value is -1.00. The van der Waals surface area contributed by atoms with E-state index in [9.17, 15) is 4.39 Å². The molecule has 0 unspecified atom stereocenters. The molecule has 0 atom stereocenters. The number of ether oxygens (including phenoxy) is 1. The molecule has 0 saturated carbocycles. The SMILES string of the molecule is COC1(Cc2ncccc2F)CNC1. The summed E-state index contributed by atoms with van der Waals surface area (Å²) in [5.74, 6) is -0.254. The summed E-state index contributed by atoms with van der Waals surface area (Å²) in [6, 6.07) is 3.02. The molecule has 2 rings (SSSR count). The quantitative estimate of drug-likeness (QED) is 0.774. The van der Waals surface area contributed by atoms with Gasteiger partial charge in [-0.15, -0.1) is 0 Å². The maximum atomic E-state index is 13.3. The van der Waals surface area contributed by atoms with Crippen molar-refractivity contribution in [2.45, 2.75) is 12.0 Å². The molecule has 2 heterocycles. The molecule has 0 spiro atoms. The van der Waals surface area contributed by atoms with Crippen LogP contribution in [0.1, 0.15) is 5.69 Å². The summed E-state index contributed by atoms with van der Waals surface area (Å²) < 4.78 is 18.6. The Balaban J connectivity index is 2.13. The summed E-state index contributed by atoms with van der Waals surface area (Å²) in [6.45, 7) is 1.53. The fraction of sp³-hybridized carbons (Fsp3) is 0.500. The molecule has 0 aromatic carbocycles. The van der Waals surface area contributed by atoms with Gasteiger partial charge in [0.05, 0.1) is 11.3 Å². The van der Waals surface area contributed by atoms with E-state index in [0.717, 1.165) is 13.1 Å². The molecule has 1 aromatic rings. The summed E-state index contributed by atoms with van der Waals surface area (Å²) >= 11 is 0. The summed E-state index contributed by atoms with van der Waals surface area (Å²) in [5, 5.41) is 3.12. The molecule has 4 heteroatoms. The third-order valence-electron chi connectivity index (χ3n) is 2.65. The number of nitrogens with zero attached hydrogens (tertiary/aromatic N) is 1. The van der Waals surface area contributed by atoms with Gasteiger partial charge in [-0.2, -0.15) is 0 Å². The lowest BCUT2D eigenvalue weighted by Gasteiger charge is -2.41. The second-order valence-electron chi connectivity index (χ2n) is 3.60. The highest BCUT2D eigenvalue weighted by molar-refractivity contribution is 5.13. The van der Waals surface area contributed by atoms with E-state index in [1.54, 1.807) is 19.4 Å². The van der Waals surface area contributed by atoms with Crippen LogP contribution in [-0.4, -0.2) is 30.8 Å². The molecule has 3 nitrogen and oxygen atoms in total. The first-order valence-corrected chi connectivity index (χ1v) is 4.61. The number of halogens is 1. The number of pyridine rings is 1. The van der Waals surface area contributed by atoms with E-state index in [4.69, 9.17) is 4.74 Å². The van der Waals surface area contributed by atoms with Gasteiger partial charge in [-0.05, 0) is 12.1 Å². The van der Waals surface area contributed by atoms with Crippen LogP contribution in [0.2, 0.25) is 0 Å². The summed E-state index contributed by atoms with van der Waals surface area (Å²) in [7, 11) is 1.65. The first-order chi connectivity index (χ1) is 6.76. The topological polar surface area (TPSA) is 34.1 Å². The molecular weight excluding hydrogens is 183 g/mol. The van der Waals surface area contributed by atoms with Gasteiger partial charge in [0, 0.05) is 32.8 Å². The van der Waals surface area contributed by atoms with Gasteiger partial charge in [0.1, 0.15) is 5.82 Å². The fourth-order valence-corrected chi connectivity index (χ4v) is 1.60.